The van der Waals surface area contributed by atoms with Crippen LogP contribution in [0.5, 0.6) is 0 Å². The molecule has 0 aromatic carbocycles. The van der Waals surface area contributed by atoms with E-state index in [4.69, 9.17) is 5.73 Å². The van der Waals surface area contributed by atoms with E-state index in [9.17, 15) is 14.7 Å². The average Bonchev–Trinajstić information content (AvgIpc) is 3.29. The molecule has 0 spiro atoms. The first kappa shape index (κ1) is 19.2. The number of aromatic nitrogens is 5. The second-order valence-corrected chi connectivity index (χ2v) is 6.22. The number of amides is 1. The lowest BCUT2D eigenvalue weighted by Crippen LogP contribution is -2.15. The summed E-state index contributed by atoms with van der Waals surface area (Å²) in [6.07, 6.45) is 6.84. The summed E-state index contributed by atoms with van der Waals surface area (Å²) in [5.74, 6) is -1.74. The molecule has 1 amide bonds. The Morgan fingerprint density at radius 3 is 2.82 bits per heavy atom. The van der Waals surface area contributed by atoms with Gasteiger partial charge in [-0.15, -0.1) is 0 Å². The fourth-order valence-electron chi connectivity index (χ4n) is 2.68. The van der Waals surface area contributed by atoms with E-state index < -0.39 is 11.9 Å². The van der Waals surface area contributed by atoms with Crippen molar-refractivity contribution in [2.24, 2.45) is 12.8 Å². The van der Waals surface area contributed by atoms with Crippen LogP contribution in [-0.2, 0) is 13.6 Å². The molecule has 3 rings (SSSR count). The number of carbonyl (C=O) groups is 2. The van der Waals surface area contributed by atoms with Crippen molar-refractivity contribution in [1.82, 2.24) is 24.5 Å². The second-order valence-electron chi connectivity index (χ2n) is 6.22. The molecule has 3 aromatic rings. The van der Waals surface area contributed by atoms with Crippen molar-refractivity contribution in [1.29, 1.82) is 0 Å². The van der Waals surface area contributed by atoms with Gasteiger partial charge in [0.25, 0.3) is 5.91 Å². The SMILES string of the molecule is Cn1cc(NC(=O)c2cccc(-c3cnn(CCCCN)c3)n2)c(C(=O)O)n1. The van der Waals surface area contributed by atoms with Crippen LogP contribution in [0.4, 0.5) is 5.69 Å². The number of aryl methyl sites for hydroxylation is 2. The summed E-state index contributed by atoms with van der Waals surface area (Å²) >= 11 is 0. The van der Waals surface area contributed by atoms with Gasteiger partial charge in [-0.25, -0.2) is 9.78 Å². The predicted octanol–water partition coefficient (Wildman–Crippen LogP) is 1.37. The topological polar surface area (TPSA) is 141 Å². The Kier molecular flexibility index (Phi) is 5.80. The minimum Gasteiger partial charge on any atom is -0.476 e. The summed E-state index contributed by atoms with van der Waals surface area (Å²) < 4.78 is 3.14. The van der Waals surface area contributed by atoms with Gasteiger partial charge >= 0.3 is 5.97 Å². The third kappa shape index (κ3) is 4.41. The van der Waals surface area contributed by atoms with E-state index >= 15 is 0 Å². The van der Waals surface area contributed by atoms with Gasteiger partial charge in [-0.1, -0.05) is 6.07 Å². The molecule has 0 saturated carbocycles. The van der Waals surface area contributed by atoms with Gasteiger partial charge in [-0.05, 0) is 31.5 Å². The molecule has 0 unspecified atom stereocenters. The first-order valence-corrected chi connectivity index (χ1v) is 8.76. The van der Waals surface area contributed by atoms with E-state index in [2.05, 4.69) is 20.5 Å². The second kappa shape index (κ2) is 8.44. The third-order valence-electron chi connectivity index (χ3n) is 4.03. The molecule has 4 N–H and O–H groups in total. The average molecular weight is 383 g/mol. The molecule has 0 saturated heterocycles. The monoisotopic (exact) mass is 383 g/mol. The Balaban J connectivity index is 1.76. The number of carboxylic acid groups (broad SMARTS) is 1. The molecular weight excluding hydrogens is 362 g/mol. The third-order valence-corrected chi connectivity index (χ3v) is 4.03. The molecule has 28 heavy (non-hydrogen) atoms. The Bertz CT molecular complexity index is 993. The van der Waals surface area contributed by atoms with Gasteiger partial charge in [0.05, 0.1) is 17.6 Å². The molecule has 146 valence electrons. The minimum absolute atomic E-state index is 0.111. The van der Waals surface area contributed by atoms with Gasteiger partial charge < -0.3 is 16.2 Å². The van der Waals surface area contributed by atoms with Crippen LogP contribution in [0.2, 0.25) is 0 Å². The highest BCUT2D eigenvalue weighted by molar-refractivity contribution is 6.06. The van der Waals surface area contributed by atoms with Crippen LogP contribution in [0.25, 0.3) is 11.3 Å². The van der Waals surface area contributed by atoms with E-state index in [1.54, 1.807) is 31.4 Å². The van der Waals surface area contributed by atoms with Crippen LogP contribution < -0.4 is 11.1 Å². The zero-order valence-electron chi connectivity index (χ0n) is 15.4. The number of carboxylic acids is 1. The van der Waals surface area contributed by atoms with Crippen molar-refractivity contribution in [2.75, 3.05) is 11.9 Å². The number of pyridine rings is 1. The molecule has 0 aliphatic heterocycles. The van der Waals surface area contributed by atoms with E-state index in [0.717, 1.165) is 24.9 Å². The number of hydrogen-bond donors (Lipinski definition) is 3. The maximum atomic E-state index is 12.5. The molecule has 0 fully saturated rings. The summed E-state index contributed by atoms with van der Waals surface area (Å²) in [6, 6.07) is 5.05. The lowest BCUT2D eigenvalue weighted by Gasteiger charge is -2.05. The molecular formula is C18H21N7O3. The normalized spacial score (nSPS) is 10.8. The van der Waals surface area contributed by atoms with Gasteiger partial charge in [-0.3, -0.25) is 14.2 Å². The molecule has 3 heterocycles. The number of carbonyl (C=O) groups excluding carboxylic acids is 1. The van der Waals surface area contributed by atoms with Crippen molar-refractivity contribution in [3.05, 3.63) is 48.2 Å². The maximum Gasteiger partial charge on any atom is 0.358 e. The van der Waals surface area contributed by atoms with Crippen molar-refractivity contribution < 1.29 is 14.7 Å². The zero-order valence-corrected chi connectivity index (χ0v) is 15.4. The Labute approximate surface area is 161 Å². The highest BCUT2D eigenvalue weighted by atomic mass is 16.4. The van der Waals surface area contributed by atoms with E-state index in [1.165, 1.54) is 10.9 Å². The Morgan fingerprint density at radius 1 is 1.25 bits per heavy atom. The fourth-order valence-corrected chi connectivity index (χ4v) is 2.68. The van der Waals surface area contributed by atoms with E-state index in [-0.39, 0.29) is 17.1 Å². The molecule has 0 radical (unpaired) electrons. The summed E-state index contributed by atoms with van der Waals surface area (Å²) in [4.78, 5) is 28.1. The summed E-state index contributed by atoms with van der Waals surface area (Å²) in [6.45, 7) is 1.41. The smallest absolute Gasteiger partial charge is 0.358 e. The number of anilines is 1. The van der Waals surface area contributed by atoms with Gasteiger partial charge in [0, 0.05) is 31.5 Å². The Morgan fingerprint density at radius 2 is 2.07 bits per heavy atom. The predicted molar refractivity (Wildman–Crippen MR) is 102 cm³/mol. The molecule has 3 aromatic heterocycles. The van der Waals surface area contributed by atoms with Gasteiger partial charge in [-0.2, -0.15) is 10.2 Å². The number of unbranched alkanes of at least 4 members (excludes halogenated alkanes) is 1. The highest BCUT2D eigenvalue weighted by Crippen LogP contribution is 2.18. The number of rotatable bonds is 8. The summed E-state index contributed by atoms with van der Waals surface area (Å²) in [5.41, 5.74) is 6.93. The highest BCUT2D eigenvalue weighted by Gasteiger charge is 2.18. The van der Waals surface area contributed by atoms with Crippen molar-refractivity contribution >= 4 is 17.6 Å². The number of nitrogens with one attached hydrogen (secondary N) is 1. The molecule has 0 aliphatic rings. The molecule has 10 heteroatoms. The van der Waals surface area contributed by atoms with Gasteiger partial charge in [0.1, 0.15) is 5.69 Å². The summed E-state index contributed by atoms with van der Waals surface area (Å²) in [7, 11) is 1.58. The van der Waals surface area contributed by atoms with Crippen molar-refractivity contribution in [2.45, 2.75) is 19.4 Å². The quantitative estimate of drug-likeness (QED) is 0.499. The van der Waals surface area contributed by atoms with Crippen LogP contribution in [0.1, 0.15) is 33.8 Å². The maximum absolute atomic E-state index is 12.5. The fraction of sp³-hybridized carbons (Fsp3) is 0.278. The van der Waals surface area contributed by atoms with Crippen LogP contribution >= 0.6 is 0 Å². The van der Waals surface area contributed by atoms with Crippen LogP contribution in [0.3, 0.4) is 0 Å². The molecule has 0 bridgehead atoms. The van der Waals surface area contributed by atoms with Crippen LogP contribution in [-0.4, -0.2) is 48.1 Å². The Hall–Kier alpha value is -3.53. The van der Waals surface area contributed by atoms with Gasteiger partial charge in [0.2, 0.25) is 0 Å². The lowest BCUT2D eigenvalue weighted by molar-refractivity contribution is 0.0690. The molecule has 0 aliphatic carbocycles. The number of aromatic carboxylic acids is 1. The summed E-state index contributed by atoms with van der Waals surface area (Å²) in [5, 5.41) is 19.8. The lowest BCUT2D eigenvalue weighted by atomic mass is 10.2. The van der Waals surface area contributed by atoms with Gasteiger partial charge in [0.15, 0.2) is 5.69 Å². The van der Waals surface area contributed by atoms with E-state index in [0.29, 0.717) is 12.2 Å². The number of nitrogens with zero attached hydrogens (tertiary/aromatic N) is 5. The van der Waals surface area contributed by atoms with Crippen molar-refractivity contribution in [3.8, 4) is 11.3 Å². The number of hydrogen-bond acceptors (Lipinski definition) is 6. The first-order chi connectivity index (χ1) is 13.5. The van der Waals surface area contributed by atoms with Crippen LogP contribution in [0, 0.1) is 0 Å². The molecule has 10 nitrogen and oxygen atoms in total. The molecule has 0 atom stereocenters. The largest absolute Gasteiger partial charge is 0.476 e. The standard InChI is InChI=1S/C18H21N7O3/c1-24-11-15(16(23-24)18(27)28)22-17(26)14-6-4-5-13(21-14)12-9-20-25(10-12)8-3-2-7-19/h4-6,9-11H,2-3,7-8,19H2,1H3,(H,22,26)(H,27,28). The number of nitrogens with two attached hydrogens (primary N) is 1. The minimum atomic E-state index is -1.22. The van der Waals surface area contributed by atoms with E-state index in [1.807, 2.05) is 10.9 Å². The zero-order chi connectivity index (χ0) is 20.1. The van der Waals surface area contributed by atoms with Crippen LogP contribution in [0.15, 0.2) is 36.8 Å². The van der Waals surface area contributed by atoms with Crippen molar-refractivity contribution in [3.63, 3.8) is 0 Å². The first-order valence-electron chi connectivity index (χ1n) is 8.76.